The quantitative estimate of drug-likeness (QED) is 0.637. The predicted octanol–water partition coefficient (Wildman–Crippen LogP) is 3.03. The van der Waals surface area contributed by atoms with Gasteiger partial charge >= 0.3 is 0 Å². The largest absolute Gasteiger partial charge is 0.386 e. The summed E-state index contributed by atoms with van der Waals surface area (Å²) in [5.41, 5.74) is 2.42. The molecule has 1 saturated heterocycles. The number of nitrogens with zero attached hydrogens (tertiary/aromatic N) is 5. The molecule has 8 nitrogen and oxygen atoms in total. The Labute approximate surface area is 183 Å². The van der Waals surface area contributed by atoms with Crippen molar-refractivity contribution in [1.29, 1.82) is 0 Å². The Morgan fingerprint density at radius 3 is 3.03 bits per heavy atom. The molecule has 5 rings (SSSR count). The van der Waals surface area contributed by atoms with Gasteiger partial charge in [0.25, 0.3) is 0 Å². The van der Waals surface area contributed by atoms with Crippen LogP contribution in [-0.2, 0) is 23.4 Å². The molecule has 4 atom stereocenters. The third kappa shape index (κ3) is 3.58. The number of piperidine rings is 1. The molecule has 0 bridgehead atoms. The van der Waals surface area contributed by atoms with Gasteiger partial charge in [0.15, 0.2) is 0 Å². The van der Waals surface area contributed by atoms with E-state index in [-0.39, 0.29) is 18.7 Å². The van der Waals surface area contributed by atoms with Crippen LogP contribution < -0.4 is 5.32 Å². The van der Waals surface area contributed by atoms with Crippen LogP contribution in [0.5, 0.6) is 0 Å². The molecule has 0 aliphatic carbocycles. The molecule has 0 amide bonds. The van der Waals surface area contributed by atoms with Crippen LogP contribution in [0.1, 0.15) is 60.5 Å². The van der Waals surface area contributed by atoms with E-state index in [1.54, 1.807) is 0 Å². The van der Waals surface area contributed by atoms with Crippen molar-refractivity contribution in [1.82, 2.24) is 30.1 Å². The second kappa shape index (κ2) is 7.72. The highest BCUT2D eigenvalue weighted by Crippen LogP contribution is 2.51. The van der Waals surface area contributed by atoms with Gasteiger partial charge < -0.3 is 15.2 Å². The zero-order valence-corrected chi connectivity index (χ0v) is 18.5. The summed E-state index contributed by atoms with van der Waals surface area (Å²) >= 11 is 7.82. The molecule has 30 heavy (non-hydrogen) atoms. The van der Waals surface area contributed by atoms with Gasteiger partial charge in [-0.1, -0.05) is 16.8 Å². The van der Waals surface area contributed by atoms with Crippen molar-refractivity contribution in [3.8, 4) is 0 Å². The number of nitrogens with one attached hydrogen (secondary N) is 1. The van der Waals surface area contributed by atoms with Crippen molar-refractivity contribution < 1.29 is 9.84 Å². The van der Waals surface area contributed by atoms with E-state index in [4.69, 9.17) is 16.3 Å². The van der Waals surface area contributed by atoms with Gasteiger partial charge in [0, 0.05) is 41.2 Å². The SMILES string of the molecule is CCn1cc(Cn2cc([C@@H]3C[C@]4(C[C@H](C)N3)OC[C@@H](O)c3cc(Cl)sc34)nn2)cn1. The molecule has 5 heterocycles. The minimum atomic E-state index is -0.622. The summed E-state index contributed by atoms with van der Waals surface area (Å²) < 4.78 is 10.7. The standard InChI is InChI=1S/C20H25ClN6O2S/c1-3-26-8-13(7-22-26)9-27-10-16(24-25-27)15-6-20(5-12(2)23-15)19-14(4-18(21)30-19)17(28)11-29-20/h4,7-8,10,12,15,17,23,28H,3,5-6,9,11H2,1-2H3/t12-,15-,17+,20-/m0/s1. The lowest BCUT2D eigenvalue weighted by atomic mass is 9.79. The normalized spacial score (nSPS) is 28.7. The van der Waals surface area contributed by atoms with E-state index in [0.29, 0.717) is 10.9 Å². The summed E-state index contributed by atoms with van der Waals surface area (Å²) in [7, 11) is 0. The Morgan fingerprint density at radius 2 is 2.23 bits per heavy atom. The molecule has 160 valence electrons. The van der Waals surface area contributed by atoms with E-state index in [2.05, 4.69) is 34.6 Å². The van der Waals surface area contributed by atoms with Gasteiger partial charge in [0.05, 0.1) is 41.6 Å². The van der Waals surface area contributed by atoms with Gasteiger partial charge in [-0.2, -0.15) is 5.10 Å². The van der Waals surface area contributed by atoms with Crippen molar-refractivity contribution >= 4 is 22.9 Å². The Morgan fingerprint density at radius 1 is 1.37 bits per heavy atom. The summed E-state index contributed by atoms with van der Waals surface area (Å²) in [5.74, 6) is 0. The first kappa shape index (κ1) is 20.1. The number of rotatable bonds is 4. The van der Waals surface area contributed by atoms with Crippen LogP contribution in [0, 0.1) is 0 Å². The van der Waals surface area contributed by atoms with Crippen LogP contribution in [0.25, 0.3) is 0 Å². The summed E-state index contributed by atoms with van der Waals surface area (Å²) in [6.45, 7) is 5.98. The average molecular weight is 449 g/mol. The van der Waals surface area contributed by atoms with Gasteiger partial charge in [0.2, 0.25) is 0 Å². The average Bonchev–Trinajstić information content (AvgIpc) is 3.45. The number of halogens is 1. The lowest BCUT2D eigenvalue weighted by Crippen LogP contribution is -2.50. The molecule has 0 unspecified atom stereocenters. The van der Waals surface area contributed by atoms with Crippen molar-refractivity contribution in [2.45, 2.75) is 63.6 Å². The summed E-state index contributed by atoms with van der Waals surface area (Å²) in [5, 5.41) is 27.1. The zero-order chi connectivity index (χ0) is 20.9. The second-order valence-corrected chi connectivity index (χ2v) is 9.91. The molecule has 0 aromatic carbocycles. The lowest BCUT2D eigenvalue weighted by Gasteiger charge is -2.46. The fourth-order valence-corrected chi connectivity index (χ4v) is 6.09. The maximum Gasteiger partial charge on any atom is 0.106 e. The Kier molecular flexibility index (Phi) is 5.19. The van der Waals surface area contributed by atoms with E-state index < -0.39 is 11.7 Å². The molecular formula is C20H25ClN6O2S. The van der Waals surface area contributed by atoms with Crippen LogP contribution in [0.2, 0.25) is 4.34 Å². The minimum absolute atomic E-state index is 0.00448. The first-order valence-electron chi connectivity index (χ1n) is 10.2. The highest BCUT2D eigenvalue weighted by atomic mass is 35.5. The Hall–Kier alpha value is -1.78. The predicted molar refractivity (Wildman–Crippen MR) is 114 cm³/mol. The van der Waals surface area contributed by atoms with Crippen molar-refractivity contribution in [2.75, 3.05) is 6.61 Å². The van der Waals surface area contributed by atoms with Crippen molar-refractivity contribution in [3.05, 3.63) is 50.7 Å². The topological polar surface area (TPSA) is 90.0 Å². The van der Waals surface area contributed by atoms with Crippen LogP contribution in [0.4, 0.5) is 0 Å². The first-order chi connectivity index (χ1) is 14.5. The summed E-state index contributed by atoms with van der Waals surface area (Å²) in [4.78, 5) is 1.05. The Balaban J connectivity index is 1.40. The molecule has 2 N–H and O–H groups in total. The van der Waals surface area contributed by atoms with Crippen LogP contribution in [-0.4, -0.2) is 42.5 Å². The van der Waals surface area contributed by atoms with E-state index >= 15 is 0 Å². The zero-order valence-electron chi connectivity index (χ0n) is 17.0. The molecular weight excluding hydrogens is 424 g/mol. The summed E-state index contributed by atoms with van der Waals surface area (Å²) in [6.07, 6.45) is 6.81. The fraction of sp³-hybridized carbons (Fsp3) is 0.550. The highest BCUT2D eigenvalue weighted by molar-refractivity contribution is 7.16. The molecule has 2 aliphatic rings. The van der Waals surface area contributed by atoms with Crippen molar-refractivity contribution in [3.63, 3.8) is 0 Å². The number of aromatic nitrogens is 5. The molecule has 1 spiro atoms. The highest BCUT2D eigenvalue weighted by Gasteiger charge is 2.48. The van der Waals surface area contributed by atoms with E-state index in [1.165, 1.54) is 11.3 Å². The number of aryl methyl sites for hydroxylation is 1. The van der Waals surface area contributed by atoms with Gasteiger partial charge in [-0.05, 0) is 26.3 Å². The molecule has 3 aromatic heterocycles. The first-order valence-corrected chi connectivity index (χ1v) is 11.4. The third-order valence-electron chi connectivity index (χ3n) is 5.95. The number of hydrogen-bond acceptors (Lipinski definition) is 7. The van der Waals surface area contributed by atoms with Gasteiger partial charge in [-0.25, -0.2) is 4.68 Å². The van der Waals surface area contributed by atoms with Crippen LogP contribution >= 0.6 is 22.9 Å². The maximum absolute atomic E-state index is 10.4. The van der Waals surface area contributed by atoms with E-state index in [1.807, 2.05) is 34.0 Å². The van der Waals surface area contributed by atoms with E-state index in [9.17, 15) is 5.11 Å². The number of aliphatic hydroxyl groups excluding tert-OH is 1. The molecule has 3 aromatic rings. The summed E-state index contributed by atoms with van der Waals surface area (Å²) in [6, 6.07) is 2.11. The second-order valence-electron chi connectivity index (χ2n) is 8.23. The smallest absolute Gasteiger partial charge is 0.106 e. The monoisotopic (exact) mass is 448 g/mol. The number of hydrogen-bond donors (Lipinski definition) is 2. The van der Waals surface area contributed by atoms with Gasteiger partial charge in [-0.3, -0.25) is 4.68 Å². The van der Waals surface area contributed by atoms with Gasteiger partial charge in [0.1, 0.15) is 11.7 Å². The molecule has 10 heteroatoms. The van der Waals surface area contributed by atoms with Crippen LogP contribution in [0.3, 0.4) is 0 Å². The maximum atomic E-state index is 10.4. The number of aliphatic hydroxyl groups is 1. The molecule has 0 saturated carbocycles. The van der Waals surface area contributed by atoms with Crippen LogP contribution in [0.15, 0.2) is 24.7 Å². The number of ether oxygens (including phenoxy) is 1. The third-order valence-corrected chi connectivity index (χ3v) is 7.41. The van der Waals surface area contributed by atoms with Crippen molar-refractivity contribution in [2.24, 2.45) is 0 Å². The fourth-order valence-electron chi connectivity index (χ4n) is 4.63. The Bertz CT molecular complexity index is 1050. The number of fused-ring (bicyclic) bond motifs is 2. The van der Waals surface area contributed by atoms with E-state index in [0.717, 1.165) is 41.1 Å². The van der Waals surface area contributed by atoms with Gasteiger partial charge in [-0.15, -0.1) is 16.4 Å². The molecule has 1 fully saturated rings. The molecule has 2 aliphatic heterocycles. The minimum Gasteiger partial charge on any atom is -0.386 e. The number of thiophene rings is 1. The lowest BCUT2D eigenvalue weighted by molar-refractivity contribution is -0.129. The molecule has 0 radical (unpaired) electrons.